The second kappa shape index (κ2) is 10.6. The number of carbonyl (C=O) groups is 2. The van der Waals surface area contributed by atoms with Gasteiger partial charge >= 0.3 is 0 Å². The highest BCUT2D eigenvalue weighted by Gasteiger charge is 2.31. The van der Waals surface area contributed by atoms with E-state index in [1.54, 1.807) is 35.0 Å². The fourth-order valence-corrected chi connectivity index (χ4v) is 5.00. The van der Waals surface area contributed by atoms with E-state index in [9.17, 15) is 9.59 Å². The standard InChI is InChI=1S/C27H31Cl2N5O2/c1-27(2,3)18-6-9-19(10-7-18)32-26(36)24-13-23(16-5-11-21(28)22(29)12-16)33-34(24)15-20-8-4-17(14-31-20)25(30)35/h4-5,8,11-14,18-19H,6-7,9-10,15H2,1-3H3,(H2,30,35)(H,32,36). The molecule has 1 saturated carbocycles. The normalized spacial score (nSPS) is 18.1. The Bertz CT molecular complexity index is 1260. The Morgan fingerprint density at radius 3 is 2.36 bits per heavy atom. The van der Waals surface area contributed by atoms with Gasteiger partial charge in [0.2, 0.25) is 5.91 Å². The molecule has 1 aliphatic carbocycles. The maximum atomic E-state index is 13.4. The number of primary amides is 1. The second-order valence-corrected chi connectivity index (χ2v) is 11.3. The molecule has 1 fully saturated rings. The summed E-state index contributed by atoms with van der Waals surface area (Å²) < 4.78 is 1.63. The van der Waals surface area contributed by atoms with Gasteiger partial charge in [0.25, 0.3) is 5.91 Å². The Kier molecular flexibility index (Phi) is 7.71. The Balaban J connectivity index is 1.58. The van der Waals surface area contributed by atoms with E-state index in [0.717, 1.165) is 31.2 Å². The van der Waals surface area contributed by atoms with Crippen LogP contribution >= 0.6 is 23.2 Å². The van der Waals surface area contributed by atoms with E-state index in [4.69, 9.17) is 28.9 Å². The molecule has 36 heavy (non-hydrogen) atoms. The molecule has 0 bridgehead atoms. The summed E-state index contributed by atoms with van der Waals surface area (Å²) in [6, 6.07) is 10.4. The average Bonchev–Trinajstić information content (AvgIpc) is 3.25. The highest BCUT2D eigenvalue weighted by molar-refractivity contribution is 6.42. The third-order valence-electron chi connectivity index (χ3n) is 6.94. The number of rotatable bonds is 6. The van der Waals surface area contributed by atoms with Crippen molar-refractivity contribution in [1.82, 2.24) is 20.1 Å². The van der Waals surface area contributed by atoms with Gasteiger partial charge in [-0.1, -0.05) is 50.0 Å². The Hall–Kier alpha value is -2.90. The van der Waals surface area contributed by atoms with Crippen LogP contribution in [0.1, 0.15) is 73.0 Å². The van der Waals surface area contributed by atoms with Gasteiger partial charge in [0, 0.05) is 17.8 Å². The van der Waals surface area contributed by atoms with Crippen molar-refractivity contribution in [3.05, 3.63) is 69.6 Å². The minimum Gasteiger partial charge on any atom is -0.366 e. The third-order valence-corrected chi connectivity index (χ3v) is 7.68. The van der Waals surface area contributed by atoms with Gasteiger partial charge in [0.05, 0.1) is 33.5 Å². The summed E-state index contributed by atoms with van der Waals surface area (Å²) >= 11 is 12.3. The van der Waals surface area contributed by atoms with Gasteiger partial charge in [-0.2, -0.15) is 5.10 Å². The van der Waals surface area contributed by atoms with E-state index >= 15 is 0 Å². The topological polar surface area (TPSA) is 103 Å². The molecular weight excluding hydrogens is 497 g/mol. The van der Waals surface area contributed by atoms with E-state index in [1.165, 1.54) is 6.20 Å². The largest absolute Gasteiger partial charge is 0.366 e. The first-order chi connectivity index (χ1) is 17.0. The second-order valence-electron chi connectivity index (χ2n) is 10.5. The van der Waals surface area contributed by atoms with Gasteiger partial charge in [-0.25, -0.2) is 0 Å². The summed E-state index contributed by atoms with van der Waals surface area (Å²) in [5.41, 5.74) is 8.34. The number of carbonyl (C=O) groups excluding carboxylic acids is 2. The summed E-state index contributed by atoms with van der Waals surface area (Å²) in [5, 5.41) is 8.76. The fraction of sp³-hybridized carbons (Fsp3) is 0.407. The van der Waals surface area contributed by atoms with E-state index < -0.39 is 5.91 Å². The van der Waals surface area contributed by atoms with Crippen LogP contribution in [0.5, 0.6) is 0 Å². The summed E-state index contributed by atoms with van der Waals surface area (Å²) in [7, 11) is 0. The molecule has 4 rings (SSSR count). The number of nitrogens with zero attached hydrogens (tertiary/aromatic N) is 3. The molecule has 3 aromatic rings. The number of aromatic nitrogens is 3. The van der Waals surface area contributed by atoms with Crippen LogP contribution in [0.4, 0.5) is 0 Å². The van der Waals surface area contributed by atoms with E-state index in [-0.39, 0.29) is 23.9 Å². The van der Waals surface area contributed by atoms with Crippen molar-refractivity contribution in [3.63, 3.8) is 0 Å². The number of nitrogens with one attached hydrogen (secondary N) is 1. The van der Waals surface area contributed by atoms with Gasteiger partial charge < -0.3 is 11.1 Å². The van der Waals surface area contributed by atoms with Crippen LogP contribution in [0.2, 0.25) is 10.0 Å². The predicted octanol–water partition coefficient (Wildman–Crippen LogP) is 5.73. The van der Waals surface area contributed by atoms with Crippen molar-refractivity contribution in [2.75, 3.05) is 0 Å². The van der Waals surface area contributed by atoms with Gasteiger partial charge in [-0.05, 0) is 67.3 Å². The molecule has 2 heterocycles. The van der Waals surface area contributed by atoms with Gasteiger partial charge in [0.15, 0.2) is 0 Å². The molecule has 2 aromatic heterocycles. The highest BCUT2D eigenvalue weighted by Crippen LogP contribution is 2.38. The van der Waals surface area contributed by atoms with Crippen LogP contribution in [0.25, 0.3) is 11.3 Å². The molecule has 0 radical (unpaired) electrons. The van der Waals surface area contributed by atoms with Crippen molar-refractivity contribution in [3.8, 4) is 11.3 Å². The third kappa shape index (κ3) is 6.08. The van der Waals surface area contributed by atoms with Gasteiger partial charge in [-0.3, -0.25) is 19.3 Å². The molecule has 3 N–H and O–H groups in total. The van der Waals surface area contributed by atoms with Crippen LogP contribution in [0.3, 0.4) is 0 Å². The molecule has 0 unspecified atom stereocenters. The lowest BCUT2D eigenvalue weighted by Crippen LogP contribution is -2.40. The monoisotopic (exact) mass is 527 g/mol. The Morgan fingerprint density at radius 1 is 1.06 bits per heavy atom. The van der Waals surface area contributed by atoms with Crippen molar-refractivity contribution < 1.29 is 9.59 Å². The first kappa shape index (κ1) is 26.2. The number of amides is 2. The first-order valence-electron chi connectivity index (χ1n) is 12.1. The SMILES string of the molecule is CC(C)(C)C1CCC(NC(=O)c2cc(-c3ccc(Cl)c(Cl)c3)nn2Cc2ccc(C(N)=O)cn2)CC1. The molecule has 0 spiro atoms. The lowest BCUT2D eigenvalue weighted by atomic mass is 9.71. The van der Waals surface area contributed by atoms with Crippen molar-refractivity contribution in [1.29, 1.82) is 0 Å². The number of hydrogen-bond acceptors (Lipinski definition) is 4. The molecule has 0 aliphatic heterocycles. The van der Waals surface area contributed by atoms with Gasteiger partial charge in [-0.15, -0.1) is 0 Å². The summed E-state index contributed by atoms with van der Waals surface area (Å²) in [6.45, 7) is 7.09. The van der Waals surface area contributed by atoms with Crippen molar-refractivity contribution in [2.24, 2.45) is 17.1 Å². The zero-order chi connectivity index (χ0) is 26.0. The quantitative estimate of drug-likeness (QED) is 0.426. The lowest BCUT2D eigenvalue weighted by molar-refractivity contribution is 0.0893. The maximum absolute atomic E-state index is 13.4. The molecule has 1 aromatic carbocycles. The summed E-state index contributed by atoms with van der Waals surface area (Å²) in [6.07, 6.45) is 5.53. The van der Waals surface area contributed by atoms with Crippen LogP contribution in [0, 0.1) is 11.3 Å². The molecule has 0 saturated heterocycles. The number of benzene rings is 1. The lowest BCUT2D eigenvalue weighted by Gasteiger charge is -2.37. The molecule has 7 nitrogen and oxygen atoms in total. The minimum atomic E-state index is -0.545. The number of halogens is 2. The first-order valence-corrected chi connectivity index (χ1v) is 12.9. The van der Waals surface area contributed by atoms with E-state index in [2.05, 4.69) is 36.2 Å². The molecule has 9 heteroatoms. The Labute approximate surface area is 221 Å². The summed E-state index contributed by atoms with van der Waals surface area (Å²) in [5.74, 6) is -0.0649. The summed E-state index contributed by atoms with van der Waals surface area (Å²) in [4.78, 5) is 29.1. The minimum absolute atomic E-state index is 0.126. The zero-order valence-electron chi connectivity index (χ0n) is 20.7. The average molecular weight is 528 g/mol. The molecule has 2 amide bonds. The molecular formula is C27H31Cl2N5O2. The van der Waals surface area contributed by atoms with Crippen LogP contribution in [-0.2, 0) is 6.54 Å². The Morgan fingerprint density at radius 2 is 1.78 bits per heavy atom. The zero-order valence-corrected chi connectivity index (χ0v) is 22.2. The smallest absolute Gasteiger partial charge is 0.269 e. The van der Waals surface area contributed by atoms with E-state index in [1.807, 2.05) is 6.07 Å². The number of nitrogens with two attached hydrogens (primary N) is 1. The van der Waals surface area contributed by atoms with Crippen LogP contribution in [-0.4, -0.2) is 32.6 Å². The van der Waals surface area contributed by atoms with Crippen LogP contribution < -0.4 is 11.1 Å². The van der Waals surface area contributed by atoms with Crippen molar-refractivity contribution >= 4 is 35.0 Å². The number of hydrogen-bond donors (Lipinski definition) is 2. The molecule has 190 valence electrons. The fourth-order valence-electron chi connectivity index (χ4n) is 4.70. The highest BCUT2D eigenvalue weighted by atomic mass is 35.5. The van der Waals surface area contributed by atoms with Gasteiger partial charge in [0.1, 0.15) is 5.69 Å². The van der Waals surface area contributed by atoms with E-state index in [0.29, 0.717) is 38.6 Å². The number of pyridine rings is 1. The maximum Gasteiger partial charge on any atom is 0.269 e. The molecule has 1 aliphatic rings. The predicted molar refractivity (Wildman–Crippen MR) is 142 cm³/mol. The van der Waals surface area contributed by atoms with Crippen LogP contribution in [0.15, 0.2) is 42.6 Å². The molecule has 0 atom stereocenters. The van der Waals surface area contributed by atoms with Crippen molar-refractivity contribution in [2.45, 2.75) is 59.0 Å².